The van der Waals surface area contributed by atoms with Crippen LogP contribution in [0.2, 0.25) is 0 Å². The second-order valence-corrected chi connectivity index (χ2v) is 7.19. The van der Waals surface area contributed by atoms with E-state index in [9.17, 15) is 0 Å². The van der Waals surface area contributed by atoms with Crippen LogP contribution < -0.4 is 19.6 Å². The number of methoxy groups -OCH3 is 2. The van der Waals surface area contributed by atoms with Crippen molar-refractivity contribution in [3.63, 3.8) is 0 Å². The molecule has 0 radical (unpaired) electrons. The van der Waals surface area contributed by atoms with Crippen LogP contribution in [0.15, 0.2) is 76.3 Å². The van der Waals surface area contributed by atoms with Gasteiger partial charge in [-0.2, -0.15) is 5.10 Å². The summed E-state index contributed by atoms with van der Waals surface area (Å²) in [4.78, 5) is 0. The lowest BCUT2D eigenvalue weighted by atomic mass is 10.2. The molecule has 1 N–H and O–H groups in total. The maximum atomic E-state index is 5.87. The largest absolute Gasteiger partial charge is 0.493 e. The molecule has 0 bridgehead atoms. The molecule has 3 rings (SSSR count). The van der Waals surface area contributed by atoms with E-state index >= 15 is 0 Å². The van der Waals surface area contributed by atoms with Crippen LogP contribution in [0.1, 0.15) is 16.7 Å². The second kappa shape index (κ2) is 10.5. The molecule has 6 heteroatoms. The van der Waals surface area contributed by atoms with Crippen LogP contribution in [-0.4, -0.2) is 20.4 Å². The van der Waals surface area contributed by atoms with Gasteiger partial charge in [-0.15, -0.1) is 0 Å². The van der Waals surface area contributed by atoms with Crippen molar-refractivity contribution in [2.24, 2.45) is 5.10 Å². The van der Waals surface area contributed by atoms with Gasteiger partial charge in [0.25, 0.3) is 0 Å². The highest BCUT2D eigenvalue weighted by molar-refractivity contribution is 9.10. The minimum absolute atomic E-state index is 0.519. The Balaban J connectivity index is 1.53. The van der Waals surface area contributed by atoms with E-state index in [1.54, 1.807) is 20.4 Å². The molecular formula is C23H23BrN2O3. The van der Waals surface area contributed by atoms with Gasteiger partial charge in [-0.3, -0.25) is 0 Å². The van der Waals surface area contributed by atoms with Crippen LogP contribution in [0.3, 0.4) is 0 Å². The smallest absolute Gasteiger partial charge is 0.161 e. The van der Waals surface area contributed by atoms with Gasteiger partial charge in [0.15, 0.2) is 11.5 Å². The number of halogens is 1. The SMILES string of the molecule is COc1ccc(CN/N=C/c2cccc(OCc3ccc(Br)cc3)c2)cc1OC. The average molecular weight is 455 g/mol. The summed E-state index contributed by atoms with van der Waals surface area (Å²) in [6.45, 7) is 1.10. The molecule has 0 saturated heterocycles. The molecule has 0 aromatic heterocycles. The van der Waals surface area contributed by atoms with Gasteiger partial charge >= 0.3 is 0 Å². The number of nitrogens with one attached hydrogen (secondary N) is 1. The first kappa shape index (κ1) is 20.7. The maximum Gasteiger partial charge on any atom is 0.161 e. The summed E-state index contributed by atoms with van der Waals surface area (Å²) < 4.78 is 17.5. The predicted molar refractivity (Wildman–Crippen MR) is 119 cm³/mol. The monoisotopic (exact) mass is 454 g/mol. The minimum atomic E-state index is 0.519. The van der Waals surface area contributed by atoms with Crippen molar-refractivity contribution in [2.75, 3.05) is 14.2 Å². The molecular weight excluding hydrogens is 432 g/mol. The van der Waals surface area contributed by atoms with Crippen molar-refractivity contribution >= 4 is 22.1 Å². The third kappa shape index (κ3) is 6.26. The van der Waals surface area contributed by atoms with Crippen LogP contribution in [-0.2, 0) is 13.2 Å². The fraction of sp³-hybridized carbons (Fsp3) is 0.174. The highest BCUT2D eigenvalue weighted by Gasteiger charge is 2.04. The van der Waals surface area contributed by atoms with Gasteiger partial charge in [0.05, 0.1) is 27.0 Å². The van der Waals surface area contributed by atoms with E-state index in [0.29, 0.717) is 24.7 Å². The molecule has 0 aliphatic carbocycles. The lowest BCUT2D eigenvalue weighted by molar-refractivity contribution is 0.306. The van der Waals surface area contributed by atoms with E-state index in [4.69, 9.17) is 14.2 Å². The Morgan fingerprint density at radius 2 is 1.66 bits per heavy atom. The van der Waals surface area contributed by atoms with Crippen LogP contribution in [0.5, 0.6) is 17.2 Å². The number of benzene rings is 3. The molecule has 3 aromatic rings. The van der Waals surface area contributed by atoms with Crippen LogP contribution in [0.25, 0.3) is 0 Å². The van der Waals surface area contributed by atoms with Crippen LogP contribution >= 0.6 is 15.9 Å². The van der Waals surface area contributed by atoms with Crippen molar-refractivity contribution in [3.8, 4) is 17.2 Å². The van der Waals surface area contributed by atoms with Gasteiger partial charge in [-0.25, -0.2) is 0 Å². The standard InChI is InChI=1S/C23H23BrN2O3/c1-27-22-11-8-19(13-23(22)28-2)15-26-25-14-18-4-3-5-21(12-18)29-16-17-6-9-20(24)10-7-17/h3-14,26H,15-16H2,1-2H3/b25-14+. The van der Waals surface area contributed by atoms with Crippen molar-refractivity contribution in [1.29, 1.82) is 0 Å². The lowest BCUT2D eigenvalue weighted by Gasteiger charge is -2.09. The minimum Gasteiger partial charge on any atom is -0.493 e. The zero-order valence-corrected chi connectivity index (χ0v) is 18.0. The van der Waals surface area contributed by atoms with Gasteiger partial charge in [0.2, 0.25) is 0 Å². The first-order valence-corrected chi connectivity index (χ1v) is 9.91. The van der Waals surface area contributed by atoms with E-state index in [1.165, 1.54) is 0 Å². The van der Waals surface area contributed by atoms with Crippen molar-refractivity contribution < 1.29 is 14.2 Å². The molecule has 0 fully saturated rings. The Labute approximate surface area is 179 Å². The van der Waals surface area contributed by atoms with Crippen molar-refractivity contribution in [2.45, 2.75) is 13.2 Å². The summed E-state index contributed by atoms with van der Waals surface area (Å²) in [5.41, 5.74) is 6.17. The van der Waals surface area contributed by atoms with Gasteiger partial charge in [-0.05, 0) is 53.1 Å². The molecule has 0 atom stereocenters. The Bertz CT molecular complexity index is 959. The lowest BCUT2D eigenvalue weighted by Crippen LogP contribution is -2.06. The predicted octanol–water partition coefficient (Wildman–Crippen LogP) is 5.17. The van der Waals surface area contributed by atoms with Crippen molar-refractivity contribution in [3.05, 3.63) is 87.9 Å². The van der Waals surface area contributed by atoms with Crippen LogP contribution in [0, 0.1) is 0 Å². The van der Waals surface area contributed by atoms with E-state index in [0.717, 1.165) is 26.9 Å². The Morgan fingerprint density at radius 3 is 2.41 bits per heavy atom. The summed E-state index contributed by atoms with van der Waals surface area (Å²) >= 11 is 3.44. The van der Waals surface area contributed by atoms with E-state index in [1.807, 2.05) is 66.7 Å². The van der Waals surface area contributed by atoms with E-state index in [-0.39, 0.29) is 0 Å². The average Bonchev–Trinajstić information content (AvgIpc) is 2.76. The molecule has 0 spiro atoms. The third-order valence-corrected chi connectivity index (χ3v) is 4.74. The Morgan fingerprint density at radius 1 is 0.897 bits per heavy atom. The number of nitrogens with zero attached hydrogens (tertiary/aromatic N) is 1. The maximum absolute atomic E-state index is 5.87. The Hall–Kier alpha value is -2.99. The van der Waals surface area contributed by atoms with Gasteiger partial charge in [-0.1, -0.05) is 46.3 Å². The fourth-order valence-electron chi connectivity index (χ4n) is 2.68. The molecule has 5 nitrogen and oxygen atoms in total. The molecule has 0 unspecified atom stereocenters. The third-order valence-electron chi connectivity index (χ3n) is 4.21. The van der Waals surface area contributed by atoms with E-state index < -0.39 is 0 Å². The summed E-state index contributed by atoms with van der Waals surface area (Å²) in [7, 11) is 3.25. The molecule has 0 aliphatic heterocycles. The number of rotatable bonds is 9. The highest BCUT2D eigenvalue weighted by atomic mass is 79.9. The van der Waals surface area contributed by atoms with Gasteiger partial charge in [0, 0.05) is 4.47 Å². The quantitative estimate of drug-likeness (QED) is 0.357. The topological polar surface area (TPSA) is 52.1 Å². The van der Waals surface area contributed by atoms with Crippen LogP contribution in [0.4, 0.5) is 0 Å². The fourth-order valence-corrected chi connectivity index (χ4v) is 2.94. The molecule has 150 valence electrons. The first-order valence-electron chi connectivity index (χ1n) is 9.12. The molecule has 0 heterocycles. The first-order chi connectivity index (χ1) is 14.2. The van der Waals surface area contributed by atoms with Crippen molar-refractivity contribution in [1.82, 2.24) is 5.43 Å². The number of hydrogen-bond donors (Lipinski definition) is 1. The zero-order chi connectivity index (χ0) is 20.5. The molecule has 0 saturated carbocycles. The Kier molecular flexibility index (Phi) is 7.53. The highest BCUT2D eigenvalue weighted by Crippen LogP contribution is 2.27. The summed E-state index contributed by atoms with van der Waals surface area (Å²) in [6.07, 6.45) is 1.77. The second-order valence-electron chi connectivity index (χ2n) is 6.27. The van der Waals surface area contributed by atoms with Gasteiger partial charge < -0.3 is 19.6 Å². The van der Waals surface area contributed by atoms with E-state index in [2.05, 4.69) is 26.5 Å². The number of hydrazone groups is 1. The summed E-state index contributed by atoms with van der Waals surface area (Å²) in [5, 5.41) is 4.30. The zero-order valence-electron chi connectivity index (χ0n) is 16.4. The molecule has 0 aliphatic rings. The van der Waals surface area contributed by atoms with Gasteiger partial charge in [0.1, 0.15) is 12.4 Å². The molecule has 29 heavy (non-hydrogen) atoms. The normalized spacial score (nSPS) is 10.7. The summed E-state index contributed by atoms with van der Waals surface area (Å²) in [6, 6.07) is 21.7. The molecule has 3 aromatic carbocycles. The number of ether oxygens (including phenoxy) is 3. The molecule has 0 amide bonds. The summed E-state index contributed by atoms with van der Waals surface area (Å²) in [5.74, 6) is 2.21. The number of hydrogen-bond acceptors (Lipinski definition) is 5.